The first kappa shape index (κ1) is 22.8. The molecule has 178 valence electrons. The van der Waals surface area contributed by atoms with Crippen LogP contribution in [0, 0.1) is 0 Å². The number of methoxy groups -OCH3 is 1. The van der Waals surface area contributed by atoms with Gasteiger partial charge in [-0.2, -0.15) is 13.2 Å². The van der Waals surface area contributed by atoms with Crippen molar-refractivity contribution in [3.63, 3.8) is 0 Å². The SMILES string of the molecule is CCNC1=c2c(C(F)(F)F)c[nH]c2=NC(Nc2cc3c(cc2OC)N(C)C(=O)C(C)(C)O3)C1. The zero-order valence-electron chi connectivity index (χ0n) is 19.0. The molecule has 3 heterocycles. The minimum absolute atomic E-state index is 0.0463. The zero-order valence-corrected chi connectivity index (χ0v) is 19.0. The van der Waals surface area contributed by atoms with Gasteiger partial charge in [0.15, 0.2) is 5.60 Å². The first-order valence-electron chi connectivity index (χ1n) is 10.5. The van der Waals surface area contributed by atoms with Gasteiger partial charge in [0.05, 0.1) is 24.0 Å². The topological polar surface area (TPSA) is 91.0 Å². The largest absolute Gasteiger partial charge is 0.495 e. The lowest BCUT2D eigenvalue weighted by Gasteiger charge is -2.37. The number of aromatic amines is 1. The number of anilines is 2. The van der Waals surface area contributed by atoms with Crippen LogP contribution in [0.15, 0.2) is 23.3 Å². The van der Waals surface area contributed by atoms with Gasteiger partial charge in [-0.3, -0.25) is 4.79 Å². The molecule has 0 saturated heterocycles. The molecule has 1 unspecified atom stereocenters. The smallest absolute Gasteiger partial charge is 0.418 e. The van der Waals surface area contributed by atoms with Crippen LogP contribution in [0.2, 0.25) is 0 Å². The predicted molar refractivity (Wildman–Crippen MR) is 117 cm³/mol. The fourth-order valence-electron chi connectivity index (χ4n) is 4.18. The van der Waals surface area contributed by atoms with Crippen molar-refractivity contribution in [3.8, 4) is 11.5 Å². The number of aromatic nitrogens is 1. The highest BCUT2D eigenvalue weighted by atomic mass is 19.4. The first-order chi connectivity index (χ1) is 15.5. The Labute approximate surface area is 188 Å². The lowest BCUT2D eigenvalue weighted by molar-refractivity contribution is -0.138. The highest BCUT2D eigenvalue weighted by Gasteiger charge is 2.40. The maximum Gasteiger partial charge on any atom is 0.418 e. The van der Waals surface area contributed by atoms with E-state index in [-0.39, 0.29) is 23.0 Å². The molecule has 4 rings (SSSR count). The molecule has 1 amide bonds. The minimum Gasteiger partial charge on any atom is -0.495 e. The van der Waals surface area contributed by atoms with Gasteiger partial charge in [0.25, 0.3) is 5.91 Å². The lowest BCUT2D eigenvalue weighted by Crippen LogP contribution is -2.50. The number of carbonyl (C=O) groups excluding carboxylic acids is 1. The summed E-state index contributed by atoms with van der Waals surface area (Å²) in [6.45, 7) is 5.66. The number of halogens is 3. The van der Waals surface area contributed by atoms with Crippen molar-refractivity contribution in [2.75, 3.05) is 30.9 Å². The van der Waals surface area contributed by atoms with Crippen LogP contribution >= 0.6 is 0 Å². The third-order valence-electron chi connectivity index (χ3n) is 5.69. The van der Waals surface area contributed by atoms with Gasteiger partial charge in [0, 0.05) is 49.3 Å². The van der Waals surface area contributed by atoms with Crippen molar-refractivity contribution in [1.82, 2.24) is 10.3 Å². The average molecular weight is 465 g/mol. The molecular formula is C22H26F3N5O3. The molecule has 11 heteroatoms. The number of benzene rings is 1. The van der Waals surface area contributed by atoms with Crippen LogP contribution in [0.5, 0.6) is 11.5 Å². The molecule has 0 fully saturated rings. The number of nitrogens with one attached hydrogen (secondary N) is 3. The van der Waals surface area contributed by atoms with Crippen molar-refractivity contribution >= 4 is 23.0 Å². The van der Waals surface area contributed by atoms with Crippen LogP contribution in [-0.2, 0) is 11.0 Å². The Morgan fingerprint density at radius 3 is 2.73 bits per heavy atom. The monoisotopic (exact) mass is 465 g/mol. The first-order valence-corrected chi connectivity index (χ1v) is 10.5. The number of amides is 1. The van der Waals surface area contributed by atoms with Crippen molar-refractivity contribution in [3.05, 3.63) is 34.6 Å². The molecule has 1 aromatic carbocycles. The number of H-pyrrole nitrogens is 1. The molecule has 0 bridgehead atoms. The van der Waals surface area contributed by atoms with E-state index < -0.39 is 23.5 Å². The molecule has 1 aromatic heterocycles. The summed E-state index contributed by atoms with van der Waals surface area (Å²) in [4.78, 5) is 21.2. The van der Waals surface area contributed by atoms with E-state index >= 15 is 0 Å². The van der Waals surface area contributed by atoms with E-state index in [1.54, 1.807) is 33.0 Å². The number of hydrogen-bond donors (Lipinski definition) is 3. The standard InChI is InChI=1S/C22H26F3N5O3/c1-6-26-13-8-17(29-19-18(13)11(10-27-19)22(23,24)25)28-12-7-16-14(9-15(12)32-5)30(4)20(31)21(2,3)33-16/h7,9-10,17,26,28H,6,8H2,1-5H3,(H,27,29). The van der Waals surface area contributed by atoms with Gasteiger partial charge in [0.1, 0.15) is 23.2 Å². The summed E-state index contributed by atoms with van der Waals surface area (Å²) in [6.07, 6.45) is -3.90. The van der Waals surface area contributed by atoms with E-state index in [0.29, 0.717) is 35.1 Å². The third-order valence-corrected chi connectivity index (χ3v) is 5.69. The highest BCUT2D eigenvalue weighted by molar-refractivity contribution is 6.02. The Hall–Kier alpha value is -3.37. The molecule has 33 heavy (non-hydrogen) atoms. The Morgan fingerprint density at radius 2 is 2.09 bits per heavy atom. The van der Waals surface area contributed by atoms with Crippen LogP contribution in [-0.4, -0.2) is 43.4 Å². The van der Waals surface area contributed by atoms with Gasteiger partial charge < -0.3 is 30.0 Å². The Balaban J connectivity index is 1.73. The Kier molecular flexibility index (Phi) is 5.45. The van der Waals surface area contributed by atoms with E-state index in [2.05, 4.69) is 20.6 Å². The number of ether oxygens (including phenoxy) is 2. The summed E-state index contributed by atoms with van der Waals surface area (Å²) in [6, 6.07) is 3.40. The maximum absolute atomic E-state index is 13.5. The number of rotatable bonds is 5. The Morgan fingerprint density at radius 1 is 1.36 bits per heavy atom. The number of alkyl halides is 3. The summed E-state index contributed by atoms with van der Waals surface area (Å²) in [5.74, 6) is 0.742. The van der Waals surface area contributed by atoms with Crippen molar-refractivity contribution in [1.29, 1.82) is 0 Å². The molecule has 0 spiro atoms. The number of hydrogen-bond acceptors (Lipinski definition) is 6. The van der Waals surface area contributed by atoms with Crippen LogP contribution in [0.3, 0.4) is 0 Å². The summed E-state index contributed by atoms with van der Waals surface area (Å²) in [7, 11) is 3.16. The molecule has 2 aliphatic heterocycles. The van der Waals surface area contributed by atoms with Gasteiger partial charge in [-0.15, -0.1) is 0 Å². The molecule has 0 saturated carbocycles. The Bertz CT molecular complexity index is 1220. The third kappa shape index (κ3) is 3.96. The lowest BCUT2D eigenvalue weighted by atomic mass is 10.0. The number of fused-ring (bicyclic) bond motifs is 2. The molecule has 3 N–H and O–H groups in total. The van der Waals surface area contributed by atoms with Crippen LogP contribution in [0.25, 0.3) is 5.70 Å². The van der Waals surface area contributed by atoms with Gasteiger partial charge in [0.2, 0.25) is 0 Å². The molecule has 1 atom stereocenters. The number of carbonyl (C=O) groups is 1. The van der Waals surface area contributed by atoms with Gasteiger partial charge >= 0.3 is 6.18 Å². The average Bonchev–Trinajstić information content (AvgIpc) is 3.17. The van der Waals surface area contributed by atoms with Crippen LogP contribution in [0.1, 0.15) is 32.8 Å². The van der Waals surface area contributed by atoms with E-state index in [9.17, 15) is 18.0 Å². The number of nitrogens with zero attached hydrogens (tertiary/aromatic N) is 2. The molecule has 0 radical (unpaired) electrons. The van der Waals surface area contributed by atoms with E-state index in [1.807, 2.05) is 6.92 Å². The highest BCUT2D eigenvalue weighted by Crippen LogP contribution is 2.43. The molecule has 2 aromatic rings. The van der Waals surface area contributed by atoms with E-state index in [4.69, 9.17) is 9.47 Å². The molecular weight excluding hydrogens is 439 g/mol. The minimum atomic E-state index is -4.49. The molecule has 0 aliphatic carbocycles. The molecule has 2 aliphatic rings. The normalized spacial score (nSPS) is 19.3. The van der Waals surface area contributed by atoms with E-state index in [1.165, 1.54) is 12.0 Å². The maximum atomic E-state index is 13.5. The van der Waals surface area contributed by atoms with Crippen molar-refractivity contribution in [2.45, 2.75) is 45.1 Å². The fraction of sp³-hybridized carbons (Fsp3) is 0.455. The van der Waals surface area contributed by atoms with Gasteiger partial charge in [-0.25, -0.2) is 4.99 Å². The van der Waals surface area contributed by atoms with Crippen LogP contribution in [0.4, 0.5) is 24.5 Å². The van der Waals surface area contributed by atoms with Crippen LogP contribution < -0.4 is 35.7 Å². The van der Waals surface area contributed by atoms with Crippen molar-refractivity contribution < 1.29 is 27.4 Å². The zero-order chi connectivity index (χ0) is 24.1. The predicted octanol–water partition coefficient (Wildman–Crippen LogP) is 2.36. The second-order valence-electron chi connectivity index (χ2n) is 8.42. The van der Waals surface area contributed by atoms with E-state index in [0.717, 1.165) is 6.20 Å². The quantitative estimate of drug-likeness (QED) is 0.631. The second kappa shape index (κ2) is 7.89. The van der Waals surface area contributed by atoms with Gasteiger partial charge in [-0.1, -0.05) is 0 Å². The van der Waals surface area contributed by atoms with Gasteiger partial charge in [-0.05, 0) is 20.8 Å². The number of likely N-dealkylation sites (N-methyl/N-ethyl adjacent to an activating group) is 1. The summed E-state index contributed by atoms with van der Waals surface area (Å²) in [5.41, 5.74) is -0.0727. The molecule has 8 nitrogen and oxygen atoms in total. The van der Waals surface area contributed by atoms with Crippen molar-refractivity contribution in [2.24, 2.45) is 4.99 Å². The summed E-state index contributed by atoms with van der Waals surface area (Å²) in [5, 5.41) is 6.34. The fourth-order valence-corrected chi connectivity index (χ4v) is 4.18. The summed E-state index contributed by atoms with van der Waals surface area (Å²) >= 11 is 0. The summed E-state index contributed by atoms with van der Waals surface area (Å²) < 4.78 is 51.8. The second-order valence-corrected chi connectivity index (χ2v) is 8.42.